The van der Waals surface area contributed by atoms with Crippen molar-refractivity contribution in [2.75, 3.05) is 32.1 Å². The Hall–Kier alpha value is -0.390. The number of hydrogen-bond donors (Lipinski definition) is 0. The van der Waals surface area contributed by atoms with Gasteiger partial charge in [0.25, 0.3) is 5.91 Å². The van der Waals surface area contributed by atoms with Gasteiger partial charge in [0.1, 0.15) is 0 Å². The highest BCUT2D eigenvalue weighted by Gasteiger charge is 2.14. The molecular weight excluding hydrogens is 350 g/mol. The molecule has 5 heteroatoms. The normalized spacial score (nSPS) is 10.3. The molecule has 1 aromatic carbocycles. The summed E-state index contributed by atoms with van der Waals surface area (Å²) in [5.74, 6) is 0.0361. The number of hydrogen-bond acceptors (Lipinski definition) is 2. The summed E-state index contributed by atoms with van der Waals surface area (Å²) in [6.45, 7) is 1.84. The van der Waals surface area contributed by atoms with E-state index < -0.39 is 0 Å². The largest absolute Gasteiger partial charge is 0.383 e. The number of nitrogens with zero attached hydrogens (tertiary/aromatic N) is 1. The first kappa shape index (κ1) is 14.7. The standard InChI is InChI=1S/C12H15Br2NO2/c1-17-9-8-15(7-6-13)12(16)10-2-4-11(14)5-3-10/h2-5H,6-9H2,1H3. The maximum Gasteiger partial charge on any atom is 0.253 e. The zero-order valence-corrected chi connectivity index (χ0v) is 12.8. The lowest BCUT2D eigenvalue weighted by Crippen LogP contribution is -2.35. The molecule has 0 saturated heterocycles. The number of ether oxygens (including phenoxy) is 1. The van der Waals surface area contributed by atoms with Gasteiger partial charge in [-0.05, 0) is 24.3 Å². The molecule has 1 rings (SSSR count). The van der Waals surface area contributed by atoms with Gasteiger partial charge in [-0.15, -0.1) is 0 Å². The second kappa shape index (κ2) is 7.84. The van der Waals surface area contributed by atoms with E-state index in [2.05, 4.69) is 31.9 Å². The van der Waals surface area contributed by atoms with E-state index in [0.717, 1.165) is 9.80 Å². The summed E-state index contributed by atoms with van der Waals surface area (Å²) >= 11 is 6.70. The lowest BCUT2D eigenvalue weighted by molar-refractivity contribution is 0.0709. The lowest BCUT2D eigenvalue weighted by atomic mass is 10.2. The second-order valence-electron chi connectivity index (χ2n) is 3.48. The van der Waals surface area contributed by atoms with E-state index in [1.54, 1.807) is 12.0 Å². The monoisotopic (exact) mass is 363 g/mol. The first-order valence-corrected chi connectivity index (χ1v) is 7.20. The number of carbonyl (C=O) groups is 1. The van der Waals surface area contributed by atoms with Gasteiger partial charge < -0.3 is 9.64 Å². The summed E-state index contributed by atoms with van der Waals surface area (Å²) in [6, 6.07) is 7.38. The predicted octanol–water partition coefficient (Wildman–Crippen LogP) is 2.93. The topological polar surface area (TPSA) is 29.5 Å². The smallest absolute Gasteiger partial charge is 0.253 e. The van der Waals surface area contributed by atoms with Crippen molar-refractivity contribution in [1.82, 2.24) is 4.90 Å². The van der Waals surface area contributed by atoms with Gasteiger partial charge >= 0.3 is 0 Å². The Balaban J connectivity index is 2.72. The highest BCUT2D eigenvalue weighted by Crippen LogP contribution is 2.12. The molecule has 0 aliphatic heterocycles. The van der Waals surface area contributed by atoms with Gasteiger partial charge in [0, 0.05) is 35.6 Å². The molecule has 0 aliphatic rings. The number of rotatable bonds is 6. The first-order valence-electron chi connectivity index (χ1n) is 5.28. The molecule has 0 bridgehead atoms. The summed E-state index contributed by atoms with van der Waals surface area (Å²) in [6.07, 6.45) is 0. The molecule has 0 aromatic heterocycles. The Labute approximate surface area is 118 Å². The van der Waals surface area contributed by atoms with Crippen LogP contribution in [0.3, 0.4) is 0 Å². The van der Waals surface area contributed by atoms with Crippen LogP contribution in [0.1, 0.15) is 10.4 Å². The van der Waals surface area contributed by atoms with Crippen molar-refractivity contribution in [2.45, 2.75) is 0 Å². The Kier molecular flexibility index (Phi) is 6.77. The fourth-order valence-corrected chi connectivity index (χ4v) is 2.09. The van der Waals surface area contributed by atoms with Crippen LogP contribution < -0.4 is 0 Å². The average molecular weight is 365 g/mol. The van der Waals surface area contributed by atoms with Gasteiger partial charge in [-0.25, -0.2) is 0 Å². The number of halogens is 2. The van der Waals surface area contributed by atoms with Gasteiger partial charge in [0.05, 0.1) is 6.61 Å². The van der Waals surface area contributed by atoms with Crippen LogP contribution in [-0.2, 0) is 4.74 Å². The number of benzene rings is 1. The van der Waals surface area contributed by atoms with Crippen LogP contribution >= 0.6 is 31.9 Å². The number of methoxy groups -OCH3 is 1. The molecule has 3 nitrogen and oxygen atoms in total. The van der Waals surface area contributed by atoms with Gasteiger partial charge in [0.2, 0.25) is 0 Å². The van der Waals surface area contributed by atoms with Crippen molar-refractivity contribution in [1.29, 1.82) is 0 Å². The first-order chi connectivity index (χ1) is 8.19. The van der Waals surface area contributed by atoms with Crippen LogP contribution in [-0.4, -0.2) is 42.9 Å². The van der Waals surface area contributed by atoms with Crippen LogP contribution in [0.4, 0.5) is 0 Å². The van der Waals surface area contributed by atoms with Crippen molar-refractivity contribution in [2.24, 2.45) is 0 Å². The summed E-state index contributed by atoms with van der Waals surface area (Å²) in [7, 11) is 1.64. The Morgan fingerprint density at radius 2 is 1.94 bits per heavy atom. The minimum atomic E-state index is 0.0361. The number of amides is 1. The number of carbonyl (C=O) groups excluding carboxylic acids is 1. The molecular formula is C12H15Br2NO2. The molecule has 0 atom stereocenters. The van der Waals surface area contributed by atoms with Crippen molar-refractivity contribution in [3.8, 4) is 0 Å². The van der Waals surface area contributed by atoms with Gasteiger partial charge in [0.15, 0.2) is 0 Å². The van der Waals surface area contributed by atoms with Crippen LogP contribution in [0.15, 0.2) is 28.7 Å². The van der Waals surface area contributed by atoms with E-state index in [9.17, 15) is 4.79 Å². The zero-order valence-electron chi connectivity index (χ0n) is 9.66. The Morgan fingerprint density at radius 3 is 2.47 bits per heavy atom. The molecule has 0 heterocycles. The van der Waals surface area contributed by atoms with Crippen molar-refractivity contribution < 1.29 is 9.53 Å². The van der Waals surface area contributed by atoms with E-state index in [4.69, 9.17) is 4.74 Å². The Morgan fingerprint density at radius 1 is 1.29 bits per heavy atom. The molecule has 0 saturated carbocycles. The zero-order chi connectivity index (χ0) is 12.7. The molecule has 0 radical (unpaired) electrons. The minimum Gasteiger partial charge on any atom is -0.383 e. The molecule has 94 valence electrons. The van der Waals surface area contributed by atoms with Crippen LogP contribution in [0, 0.1) is 0 Å². The summed E-state index contributed by atoms with van der Waals surface area (Å²) in [5, 5.41) is 0.763. The van der Waals surface area contributed by atoms with E-state index >= 15 is 0 Å². The van der Waals surface area contributed by atoms with Crippen molar-refractivity contribution in [3.05, 3.63) is 34.3 Å². The Bertz CT molecular complexity index is 354. The quantitative estimate of drug-likeness (QED) is 0.726. The van der Waals surface area contributed by atoms with E-state index in [1.807, 2.05) is 24.3 Å². The third kappa shape index (κ3) is 4.77. The van der Waals surface area contributed by atoms with Gasteiger partial charge in [-0.3, -0.25) is 4.79 Å². The SMILES string of the molecule is COCCN(CCBr)C(=O)c1ccc(Br)cc1. The predicted molar refractivity (Wildman–Crippen MR) is 75.7 cm³/mol. The molecule has 0 fully saturated rings. The highest BCUT2D eigenvalue weighted by molar-refractivity contribution is 9.10. The van der Waals surface area contributed by atoms with Crippen LogP contribution in [0.5, 0.6) is 0 Å². The molecule has 1 amide bonds. The van der Waals surface area contributed by atoms with Crippen LogP contribution in [0.2, 0.25) is 0 Å². The fourth-order valence-electron chi connectivity index (χ4n) is 1.39. The summed E-state index contributed by atoms with van der Waals surface area (Å²) in [4.78, 5) is 14.0. The molecule has 17 heavy (non-hydrogen) atoms. The minimum absolute atomic E-state index is 0.0361. The molecule has 0 N–H and O–H groups in total. The third-order valence-corrected chi connectivity index (χ3v) is 3.18. The van der Waals surface area contributed by atoms with Crippen molar-refractivity contribution >= 4 is 37.8 Å². The van der Waals surface area contributed by atoms with Gasteiger partial charge in [-0.1, -0.05) is 31.9 Å². The van der Waals surface area contributed by atoms with Crippen LogP contribution in [0.25, 0.3) is 0 Å². The highest BCUT2D eigenvalue weighted by atomic mass is 79.9. The lowest BCUT2D eigenvalue weighted by Gasteiger charge is -2.21. The van der Waals surface area contributed by atoms with E-state index in [0.29, 0.717) is 25.3 Å². The van der Waals surface area contributed by atoms with Crippen molar-refractivity contribution in [3.63, 3.8) is 0 Å². The summed E-state index contributed by atoms with van der Waals surface area (Å²) < 4.78 is 5.98. The molecule has 0 unspecified atom stereocenters. The van der Waals surface area contributed by atoms with Gasteiger partial charge in [-0.2, -0.15) is 0 Å². The molecule has 0 spiro atoms. The fraction of sp³-hybridized carbons (Fsp3) is 0.417. The maximum atomic E-state index is 12.2. The number of alkyl halides is 1. The third-order valence-electron chi connectivity index (χ3n) is 2.30. The van der Waals surface area contributed by atoms with E-state index in [1.165, 1.54) is 0 Å². The molecule has 1 aromatic rings. The molecule has 0 aliphatic carbocycles. The second-order valence-corrected chi connectivity index (χ2v) is 5.19. The summed E-state index contributed by atoms with van der Waals surface area (Å²) in [5.41, 5.74) is 0.699. The average Bonchev–Trinajstić information content (AvgIpc) is 2.34. The van der Waals surface area contributed by atoms with E-state index in [-0.39, 0.29) is 5.91 Å². The maximum absolute atomic E-state index is 12.2.